The van der Waals surface area contributed by atoms with E-state index in [-0.39, 0.29) is 23.0 Å². The SMILES string of the molecule is C=CCn1c(C)cc(C(=O)CSc2nc3cc(Cl)ccc3c(=O)n2CC(C)C)c1C. The largest absolute Gasteiger partial charge is 0.345 e. The summed E-state index contributed by atoms with van der Waals surface area (Å²) in [5.74, 6) is 0.483. The van der Waals surface area contributed by atoms with Gasteiger partial charge in [0, 0.05) is 35.1 Å². The zero-order chi connectivity index (χ0) is 22.0. The summed E-state index contributed by atoms with van der Waals surface area (Å²) < 4.78 is 3.73. The Kier molecular flexibility index (Phi) is 6.88. The average Bonchev–Trinajstić information content (AvgIpc) is 2.97. The average molecular weight is 444 g/mol. The molecular weight excluding hydrogens is 418 g/mol. The summed E-state index contributed by atoms with van der Waals surface area (Å²) in [4.78, 5) is 30.7. The van der Waals surface area contributed by atoms with Crippen molar-refractivity contribution in [1.29, 1.82) is 0 Å². The molecule has 0 N–H and O–H groups in total. The number of carbonyl (C=O) groups excluding carboxylic acids is 1. The number of benzene rings is 1. The van der Waals surface area contributed by atoms with Gasteiger partial charge in [-0.05, 0) is 44.0 Å². The third kappa shape index (κ3) is 4.55. The van der Waals surface area contributed by atoms with Crippen molar-refractivity contribution >= 4 is 40.0 Å². The number of halogens is 1. The van der Waals surface area contributed by atoms with E-state index < -0.39 is 0 Å². The molecule has 0 radical (unpaired) electrons. The van der Waals surface area contributed by atoms with Crippen LogP contribution in [0.15, 0.2) is 46.9 Å². The Morgan fingerprint density at radius 2 is 2.00 bits per heavy atom. The van der Waals surface area contributed by atoms with Crippen molar-refractivity contribution in [3.8, 4) is 0 Å². The Bertz CT molecular complexity index is 1180. The lowest BCUT2D eigenvalue weighted by Crippen LogP contribution is -2.25. The topological polar surface area (TPSA) is 56.9 Å². The van der Waals surface area contributed by atoms with Crippen LogP contribution in [0.5, 0.6) is 0 Å². The number of thioether (sulfide) groups is 1. The molecule has 0 aliphatic heterocycles. The first-order chi connectivity index (χ1) is 14.2. The summed E-state index contributed by atoms with van der Waals surface area (Å²) in [5.41, 5.74) is 3.09. The zero-order valence-corrected chi connectivity index (χ0v) is 19.3. The Morgan fingerprint density at radius 1 is 1.27 bits per heavy atom. The summed E-state index contributed by atoms with van der Waals surface area (Å²) in [7, 11) is 0. The molecule has 0 aliphatic rings. The first-order valence-electron chi connectivity index (χ1n) is 9.86. The van der Waals surface area contributed by atoms with E-state index in [0.29, 0.717) is 39.7 Å². The Morgan fingerprint density at radius 3 is 2.67 bits per heavy atom. The van der Waals surface area contributed by atoms with Crippen LogP contribution in [0.3, 0.4) is 0 Å². The molecule has 3 aromatic rings. The fraction of sp³-hybridized carbons (Fsp3) is 0.348. The summed E-state index contributed by atoms with van der Waals surface area (Å²) in [6, 6.07) is 7.00. The molecule has 0 aliphatic carbocycles. The highest BCUT2D eigenvalue weighted by Gasteiger charge is 2.18. The molecule has 3 rings (SSSR count). The minimum atomic E-state index is -0.107. The van der Waals surface area contributed by atoms with Crippen molar-refractivity contribution < 1.29 is 4.79 Å². The van der Waals surface area contributed by atoms with Gasteiger partial charge in [-0.1, -0.05) is 43.3 Å². The maximum Gasteiger partial charge on any atom is 0.262 e. The molecule has 5 nitrogen and oxygen atoms in total. The molecular formula is C23H26ClN3O2S. The Labute approximate surface area is 185 Å². The van der Waals surface area contributed by atoms with Gasteiger partial charge in [0.15, 0.2) is 10.9 Å². The molecule has 0 saturated carbocycles. The van der Waals surface area contributed by atoms with E-state index in [1.54, 1.807) is 22.8 Å². The highest BCUT2D eigenvalue weighted by Crippen LogP contribution is 2.24. The van der Waals surface area contributed by atoms with Crippen molar-refractivity contribution in [3.05, 3.63) is 69.2 Å². The highest BCUT2D eigenvalue weighted by atomic mass is 35.5. The lowest BCUT2D eigenvalue weighted by Gasteiger charge is -2.15. The maximum absolute atomic E-state index is 13.1. The molecule has 0 atom stereocenters. The predicted molar refractivity (Wildman–Crippen MR) is 125 cm³/mol. The quantitative estimate of drug-likeness (QED) is 0.205. The van der Waals surface area contributed by atoms with E-state index in [0.717, 1.165) is 11.4 Å². The molecule has 30 heavy (non-hydrogen) atoms. The third-order valence-electron chi connectivity index (χ3n) is 4.95. The van der Waals surface area contributed by atoms with E-state index in [1.165, 1.54) is 11.8 Å². The van der Waals surface area contributed by atoms with Crippen LogP contribution < -0.4 is 5.56 Å². The molecule has 0 amide bonds. The lowest BCUT2D eigenvalue weighted by atomic mass is 10.2. The first kappa shape index (κ1) is 22.4. The zero-order valence-electron chi connectivity index (χ0n) is 17.7. The second kappa shape index (κ2) is 9.23. The fourth-order valence-electron chi connectivity index (χ4n) is 3.51. The number of rotatable bonds is 8. The first-order valence-corrected chi connectivity index (χ1v) is 11.2. The monoisotopic (exact) mass is 443 g/mol. The van der Waals surface area contributed by atoms with Crippen LogP contribution >= 0.6 is 23.4 Å². The minimum Gasteiger partial charge on any atom is -0.345 e. The fourth-order valence-corrected chi connectivity index (χ4v) is 4.57. The van der Waals surface area contributed by atoms with Gasteiger partial charge in [-0.2, -0.15) is 0 Å². The van der Waals surface area contributed by atoms with Gasteiger partial charge in [0.05, 0.1) is 16.7 Å². The maximum atomic E-state index is 13.1. The Hall–Kier alpha value is -2.31. The second-order valence-electron chi connectivity index (χ2n) is 7.76. The summed E-state index contributed by atoms with van der Waals surface area (Å²) in [6.07, 6.45) is 1.82. The highest BCUT2D eigenvalue weighted by molar-refractivity contribution is 7.99. The number of nitrogens with zero attached hydrogens (tertiary/aromatic N) is 3. The number of hydrogen-bond donors (Lipinski definition) is 0. The number of allylic oxidation sites excluding steroid dienone is 1. The summed E-state index contributed by atoms with van der Waals surface area (Å²) in [6.45, 7) is 13.0. The van der Waals surface area contributed by atoms with Crippen LogP contribution in [0.4, 0.5) is 0 Å². The van der Waals surface area contributed by atoms with Gasteiger partial charge >= 0.3 is 0 Å². The molecule has 2 aromatic heterocycles. The van der Waals surface area contributed by atoms with Crippen LogP contribution in [0.25, 0.3) is 10.9 Å². The lowest BCUT2D eigenvalue weighted by molar-refractivity contribution is 0.102. The van der Waals surface area contributed by atoms with E-state index in [4.69, 9.17) is 11.6 Å². The Balaban J connectivity index is 1.95. The summed E-state index contributed by atoms with van der Waals surface area (Å²) >= 11 is 7.39. The van der Waals surface area contributed by atoms with Crippen LogP contribution in [-0.2, 0) is 13.1 Å². The van der Waals surface area contributed by atoms with Gasteiger partial charge in [0.2, 0.25) is 0 Å². The van der Waals surface area contributed by atoms with Crippen molar-refractivity contribution in [1.82, 2.24) is 14.1 Å². The summed E-state index contributed by atoms with van der Waals surface area (Å²) in [5, 5.41) is 1.60. The van der Waals surface area contributed by atoms with Crippen LogP contribution in [0.2, 0.25) is 5.02 Å². The van der Waals surface area contributed by atoms with E-state index in [9.17, 15) is 9.59 Å². The van der Waals surface area contributed by atoms with Gasteiger partial charge < -0.3 is 4.57 Å². The van der Waals surface area contributed by atoms with Crippen molar-refractivity contribution in [2.75, 3.05) is 5.75 Å². The number of carbonyl (C=O) groups is 1. The van der Waals surface area contributed by atoms with Gasteiger partial charge in [0.1, 0.15) is 0 Å². The number of aromatic nitrogens is 3. The van der Waals surface area contributed by atoms with Crippen molar-refractivity contribution in [2.24, 2.45) is 5.92 Å². The van der Waals surface area contributed by atoms with Crippen molar-refractivity contribution in [3.63, 3.8) is 0 Å². The van der Waals surface area contributed by atoms with E-state index in [2.05, 4.69) is 16.1 Å². The van der Waals surface area contributed by atoms with Gasteiger partial charge in [-0.3, -0.25) is 14.2 Å². The van der Waals surface area contributed by atoms with Crippen LogP contribution in [0, 0.1) is 19.8 Å². The van der Waals surface area contributed by atoms with E-state index >= 15 is 0 Å². The number of Topliss-reactive ketones (excluding diaryl/α,β-unsaturated/α-hetero) is 1. The number of fused-ring (bicyclic) bond motifs is 1. The smallest absolute Gasteiger partial charge is 0.262 e. The molecule has 2 heterocycles. The minimum absolute atomic E-state index is 0.0138. The molecule has 1 aromatic carbocycles. The number of ketones is 1. The van der Waals surface area contributed by atoms with Crippen LogP contribution in [0.1, 0.15) is 35.6 Å². The van der Waals surface area contributed by atoms with Gasteiger partial charge in [-0.25, -0.2) is 4.98 Å². The standard InChI is InChI=1S/C23H26ClN3O2S/c1-6-9-26-15(4)10-19(16(26)5)21(28)13-30-23-25-20-11-17(24)7-8-18(20)22(29)27(23)12-14(2)3/h6-8,10-11,14H,1,9,12-13H2,2-5H3. The number of hydrogen-bond acceptors (Lipinski definition) is 4. The van der Waals surface area contributed by atoms with E-state index in [1.807, 2.05) is 39.8 Å². The second-order valence-corrected chi connectivity index (χ2v) is 9.14. The van der Waals surface area contributed by atoms with Crippen LogP contribution in [-0.4, -0.2) is 25.7 Å². The number of aryl methyl sites for hydroxylation is 1. The third-order valence-corrected chi connectivity index (χ3v) is 6.16. The van der Waals surface area contributed by atoms with Gasteiger partial charge in [-0.15, -0.1) is 6.58 Å². The molecule has 0 bridgehead atoms. The predicted octanol–water partition coefficient (Wildman–Crippen LogP) is 5.29. The molecule has 158 valence electrons. The van der Waals surface area contributed by atoms with Crippen molar-refractivity contribution in [2.45, 2.75) is 45.9 Å². The molecule has 0 saturated heterocycles. The molecule has 0 unspecified atom stereocenters. The van der Waals surface area contributed by atoms with Gasteiger partial charge in [0.25, 0.3) is 5.56 Å². The molecule has 7 heteroatoms. The molecule has 0 spiro atoms. The molecule has 0 fully saturated rings. The normalized spacial score (nSPS) is 11.4.